The first-order valence-electron chi connectivity index (χ1n) is 5.05. The van der Waals surface area contributed by atoms with Crippen molar-refractivity contribution >= 4 is 0 Å². The van der Waals surface area contributed by atoms with Crippen LogP contribution in [0.2, 0.25) is 0 Å². The molecule has 1 heterocycles. The lowest BCUT2D eigenvalue weighted by atomic mass is 9.81. The summed E-state index contributed by atoms with van der Waals surface area (Å²) in [5.41, 5.74) is -0.743. The minimum Gasteiger partial charge on any atom is -0.388 e. The summed E-state index contributed by atoms with van der Waals surface area (Å²) >= 11 is 0. The molecule has 1 aliphatic heterocycles. The molecule has 0 aromatic carbocycles. The highest BCUT2D eigenvalue weighted by molar-refractivity contribution is 4.99. The van der Waals surface area contributed by atoms with E-state index in [4.69, 9.17) is 5.26 Å². The van der Waals surface area contributed by atoms with Gasteiger partial charge < -0.3 is 10.4 Å². The Morgan fingerprint density at radius 2 is 2.31 bits per heavy atom. The Morgan fingerprint density at radius 1 is 1.54 bits per heavy atom. The molecular formula is C10H18N2O. The number of nitrogens with zero attached hydrogens (tertiary/aromatic N) is 1. The van der Waals surface area contributed by atoms with Crippen LogP contribution >= 0.6 is 0 Å². The molecule has 0 aromatic heterocycles. The van der Waals surface area contributed by atoms with E-state index in [9.17, 15) is 5.11 Å². The highest BCUT2D eigenvalue weighted by Gasteiger charge is 2.35. The van der Waals surface area contributed by atoms with E-state index in [1.807, 2.05) is 6.92 Å². The number of hydrogen-bond acceptors (Lipinski definition) is 3. The second kappa shape index (κ2) is 4.59. The standard InChI is InChI=1S/C10H18N2O/c1-2-9(8-11)10(13)4-3-6-12-7-5-10/h9,12-13H,2-7H2,1H3. The first-order valence-corrected chi connectivity index (χ1v) is 5.05. The van der Waals surface area contributed by atoms with Gasteiger partial charge in [0.2, 0.25) is 0 Å². The van der Waals surface area contributed by atoms with Gasteiger partial charge >= 0.3 is 0 Å². The molecular weight excluding hydrogens is 164 g/mol. The Labute approximate surface area is 79.8 Å². The molecule has 0 amide bonds. The molecule has 0 spiro atoms. The zero-order valence-electron chi connectivity index (χ0n) is 8.21. The molecule has 74 valence electrons. The Balaban J connectivity index is 2.65. The van der Waals surface area contributed by atoms with Crippen molar-refractivity contribution < 1.29 is 5.11 Å². The van der Waals surface area contributed by atoms with Crippen molar-refractivity contribution in [2.75, 3.05) is 13.1 Å². The Bertz CT molecular complexity index is 190. The summed E-state index contributed by atoms with van der Waals surface area (Å²) < 4.78 is 0. The maximum absolute atomic E-state index is 10.2. The van der Waals surface area contributed by atoms with Gasteiger partial charge in [0.15, 0.2) is 0 Å². The third-order valence-electron chi connectivity index (χ3n) is 2.91. The lowest BCUT2D eigenvalue weighted by molar-refractivity contribution is -0.0102. The van der Waals surface area contributed by atoms with Gasteiger partial charge in [0.25, 0.3) is 0 Å². The van der Waals surface area contributed by atoms with Crippen molar-refractivity contribution in [1.29, 1.82) is 5.26 Å². The van der Waals surface area contributed by atoms with Crippen LogP contribution in [0, 0.1) is 17.2 Å². The van der Waals surface area contributed by atoms with E-state index in [0.717, 1.165) is 32.4 Å². The van der Waals surface area contributed by atoms with Crippen molar-refractivity contribution in [2.24, 2.45) is 5.92 Å². The molecule has 0 saturated carbocycles. The molecule has 1 saturated heterocycles. The van der Waals surface area contributed by atoms with Crippen LogP contribution in [0.1, 0.15) is 32.6 Å². The molecule has 1 rings (SSSR count). The van der Waals surface area contributed by atoms with E-state index in [2.05, 4.69) is 11.4 Å². The second-order valence-electron chi connectivity index (χ2n) is 3.80. The number of nitriles is 1. The zero-order chi connectivity index (χ0) is 9.73. The predicted molar refractivity (Wildman–Crippen MR) is 51.1 cm³/mol. The molecule has 13 heavy (non-hydrogen) atoms. The first kappa shape index (κ1) is 10.5. The summed E-state index contributed by atoms with van der Waals surface area (Å²) in [7, 11) is 0. The van der Waals surface area contributed by atoms with Crippen molar-refractivity contribution in [3.05, 3.63) is 0 Å². The third-order valence-corrected chi connectivity index (χ3v) is 2.91. The molecule has 3 heteroatoms. The molecule has 2 N–H and O–H groups in total. The first-order chi connectivity index (χ1) is 6.23. The van der Waals surface area contributed by atoms with E-state index in [1.54, 1.807) is 0 Å². The molecule has 2 atom stereocenters. The van der Waals surface area contributed by atoms with E-state index in [1.165, 1.54) is 0 Å². The molecule has 2 unspecified atom stereocenters. The van der Waals surface area contributed by atoms with Gasteiger partial charge in [-0.1, -0.05) is 6.92 Å². The Kier molecular flexibility index (Phi) is 3.71. The van der Waals surface area contributed by atoms with Crippen molar-refractivity contribution in [2.45, 2.75) is 38.2 Å². The van der Waals surface area contributed by atoms with E-state index < -0.39 is 5.60 Å². The van der Waals surface area contributed by atoms with Crippen molar-refractivity contribution in [1.82, 2.24) is 5.32 Å². The minimum atomic E-state index is -0.743. The van der Waals surface area contributed by atoms with Gasteiger partial charge in [0, 0.05) is 0 Å². The maximum atomic E-state index is 10.2. The topological polar surface area (TPSA) is 56.0 Å². The third kappa shape index (κ3) is 2.43. The summed E-state index contributed by atoms with van der Waals surface area (Å²) in [6.45, 7) is 3.75. The van der Waals surface area contributed by atoms with Crippen LogP contribution in [0.15, 0.2) is 0 Å². The number of rotatable bonds is 2. The van der Waals surface area contributed by atoms with Crippen LogP contribution in [0.25, 0.3) is 0 Å². The molecule has 0 radical (unpaired) electrons. The summed E-state index contributed by atoms with van der Waals surface area (Å²) in [4.78, 5) is 0. The van der Waals surface area contributed by atoms with Crippen LogP contribution in [0.5, 0.6) is 0 Å². The monoisotopic (exact) mass is 182 g/mol. The minimum absolute atomic E-state index is 0.201. The van der Waals surface area contributed by atoms with Gasteiger partial charge in [-0.2, -0.15) is 5.26 Å². The number of aliphatic hydroxyl groups is 1. The van der Waals surface area contributed by atoms with E-state index >= 15 is 0 Å². The quantitative estimate of drug-likeness (QED) is 0.671. The fraction of sp³-hybridized carbons (Fsp3) is 0.900. The summed E-state index contributed by atoms with van der Waals surface area (Å²) in [5.74, 6) is -0.201. The molecule has 1 fully saturated rings. The molecule has 0 aromatic rings. The van der Waals surface area contributed by atoms with Gasteiger partial charge in [-0.05, 0) is 38.8 Å². The Morgan fingerprint density at radius 3 is 2.92 bits per heavy atom. The average Bonchev–Trinajstić information content (AvgIpc) is 2.33. The fourth-order valence-corrected chi connectivity index (χ4v) is 2.01. The van der Waals surface area contributed by atoms with Crippen LogP contribution in [0.3, 0.4) is 0 Å². The average molecular weight is 182 g/mol. The fourth-order valence-electron chi connectivity index (χ4n) is 2.01. The van der Waals surface area contributed by atoms with Crippen molar-refractivity contribution in [3.8, 4) is 6.07 Å². The van der Waals surface area contributed by atoms with E-state index in [-0.39, 0.29) is 5.92 Å². The second-order valence-corrected chi connectivity index (χ2v) is 3.80. The Hall–Kier alpha value is -0.590. The van der Waals surface area contributed by atoms with E-state index in [0.29, 0.717) is 6.42 Å². The molecule has 1 aliphatic rings. The largest absolute Gasteiger partial charge is 0.388 e. The normalized spacial score (nSPS) is 31.8. The molecule has 0 bridgehead atoms. The van der Waals surface area contributed by atoms with Crippen LogP contribution in [-0.2, 0) is 0 Å². The summed E-state index contributed by atoms with van der Waals surface area (Å²) in [6, 6.07) is 2.21. The van der Waals surface area contributed by atoms with Crippen LogP contribution < -0.4 is 5.32 Å². The SMILES string of the molecule is CCC(C#N)C1(O)CCCNCC1. The van der Waals surface area contributed by atoms with Crippen LogP contribution in [0.4, 0.5) is 0 Å². The van der Waals surface area contributed by atoms with Gasteiger partial charge in [0.05, 0.1) is 17.6 Å². The molecule has 0 aliphatic carbocycles. The lowest BCUT2D eigenvalue weighted by Gasteiger charge is -2.30. The highest BCUT2D eigenvalue weighted by atomic mass is 16.3. The van der Waals surface area contributed by atoms with Gasteiger partial charge in [0.1, 0.15) is 0 Å². The lowest BCUT2D eigenvalue weighted by Crippen LogP contribution is -2.37. The van der Waals surface area contributed by atoms with Gasteiger partial charge in [-0.3, -0.25) is 0 Å². The smallest absolute Gasteiger partial charge is 0.0817 e. The van der Waals surface area contributed by atoms with Crippen LogP contribution in [-0.4, -0.2) is 23.8 Å². The maximum Gasteiger partial charge on any atom is 0.0817 e. The number of nitrogens with one attached hydrogen (secondary N) is 1. The zero-order valence-corrected chi connectivity index (χ0v) is 8.21. The highest BCUT2D eigenvalue weighted by Crippen LogP contribution is 2.29. The van der Waals surface area contributed by atoms with Crippen molar-refractivity contribution in [3.63, 3.8) is 0 Å². The molecule has 3 nitrogen and oxygen atoms in total. The van der Waals surface area contributed by atoms with Gasteiger partial charge in [-0.15, -0.1) is 0 Å². The summed E-state index contributed by atoms with van der Waals surface area (Å²) in [5, 5.41) is 22.4. The number of hydrogen-bond donors (Lipinski definition) is 2. The van der Waals surface area contributed by atoms with Gasteiger partial charge in [-0.25, -0.2) is 0 Å². The predicted octanol–water partition coefficient (Wildman–Crippen LogP) is 1.04. The summed E-state index contributed by atoms with van der Waals surface area (Å²) in [6.07, 6.45) is 3.17.